The van der Waals surface area contributed by atoms with Gasteiger partial charge in [-0.25, -0.2) is 8.42 Å². The van der Waals surface area contributed by atoms with Gasteiger partial charge >= 0.3 is 29.6 Å². The number of nitrogens with one attached hydrogen (secondary N) is 1. The first kappa shape index (κ1) is 29.5. The molecule has 0 saturated heterocycles. The Morgan fingerprint density at radius 2 is 1.77 bits per heavy atom. The number of carbonyl (C=O) groups excluding carboxylic acids is 3. The van der Waals surface area contributed by atoms with Gasteiger partial charge in [-0.15, -0.1) is 0 Å². The van der Waals surface area contributed by atoms with Crippen LogP contribution in [0.15, 0.2) is 82.3 Å². The molecular weight excluding hydrogens is 543 g/mol. The van der Waals surface area contributed by atoms with Gasteiger partial charge in [0.15, 0.2) is 9.84 Å². The number of benzene rings is 3. The normalized spacial score (nSPS) is 13.7. The van der Waals surface area contributed by atoms with E-state index < -0.39 is 27.8 Å². The van der Waals surface area contributed by atoms with Crippen molar-refractivity contribution in [3.05, 3.63) is 101 Å². The molecule has 11 heteroatoms. The third-order valence-corrected chi connectivity index (χ3v) is 7.94. The fourth-order valence-corrected chi connectivity index (χ4v) is 5.40. The molecule has 1 N–H and O–H groups in total. The van der Waals surface area contributed by atoms with E-state index in [1.54, 1.807) is 47.6 Å². The van der Waals surface area contributed by atoms with Crippen molar-refractivity contribution in [2.24, 2.45) is 0 Å². The van der Waals surface area contributed by atoms with Crippen molar-refractivity contribution in [1.82, 2.24) is 10.2 Å². The van der Waals surface area contributed by atoms with Crippen LogP contribution >= 0.6 is 0 Å². The Labute approximate surface area is 253 Å². The standard InChI is InChI=1S/C29H26N2O7S.Na/c1-39(36,37)24-4-2-3-18(13-24)14-25(29(34)35)30-27(32)21-6-8-23-17-31(11-9-20(23)15-21)28(33)22-7-5-19-10-12-38-26(19)16-22;/h2-8,10,12-13,15-16,25H,9,11,14,17H2,1H3,(H,30,32)(H,34,35);/q;+1/p-1/t25-;/m0./s1. The summed E-state index contributed by atoms with van der Waals surface area (Å²) in [4.78, 5) is 39.6. The third kappa shape index (κ3) is 6.47. The maximum Gasteiger partial charge on any atom is 1.00 e. The molecule has 0 aliphatic carbocycles. The molecule has 3 aromatic carbocycles. The first-order chi connectivity index (χ1) is 18.6. The summed E-state index contributed by atoms with van der Waals surface area (Å²) in [6.45, 7) is 0.843. The van der Waals surface area contributed by atoms with E-state index in [1.165, 1.54) is 18.2 Å². The molecule has 9 nitrogen and oxygen atoms in total. The van der Waals surface area contributed by atoms with E-state index in [4.69, 9.17) is 4.42 Å². The number of amides is 2. The van der Waals surface area contributed by atoms with Crippen LogP contribution in [0.1, 0.15) is 37.4 Å². The minimum Gasteiger partial charge on any atom is -0.548 e. The number of carbonyl (C=O) groups is 3. The molecule has 1 aromatic heterocycles. The molecule has 0 spiro atoms. The van der Waals surface area contributed by atoms with Crippen LogP contribution in [0.2, 0.25) is 0 Å². The Bertz CT molecular complexity index is 1710. The second-order valence-electron chi connectivity index (χ2n) is 9.60. The molecule has 1 atom stereocenters. The summed E-state index contributed by atoms with van der Waals surface area (Å²) in [7, 11) is -3.47. The van der Waals surface area contributed by atoms with E-state index >= 15 is 0 Å². The predicted octanol–water partition coefficient (Wildman–Crippen LogP) is -0.870. The summed E-state index contributed by atoms with van der Waals surface area (Å²) in [5.41, 5.74) is 3.71. The molecule has 2 amide bonds. The van der Waals surface area contributed by atoms with Gasteiger partial charge < -0.3 is 24.5 Å². The largest absolute Gasteiger partial charge is 1.00 e. The Morgan fingerprint density at radius 3 is 2.52 bits per heavy atom. The molecule has 4 aromatic rings. The number of nitrogens with zero attached hydrogens (tertiary/aromatic N) is 1. The maximum absolute atomic E-state index is 13.1. The molecule has 0 fully saturated rings. The average molecular weight is 569 g/mol. The zero-order valence-electron chi connectivity index (χ0n) is 22.0. The van der Waals surface area contributed by atoms with Crippen LogP contribution in [0.3, 0.4) is 0 Å². The van der Waals surface area contributed by atoms with Crippen molar-refractivity contribution in [3.63, 3.8) is 0 Å². The average Bonchev–Trinajstić information content (AvgIpc) is 3.39. The zero-order chi connectivity index (χ0) is 27.7. The quantitative estimate of drug-likeness (QED) is 0.286. The SMILES string of the molecule is CS(=O)(=O)c1cccc(C[C@H](NC(=O)c2ccc3c(c2)CCN(C(=O)c2ccc4ccoc4c2)C3)C(=O)[O-])c1.[Na+]. The number of sulfone groups is 1. The molecule has 0 radical (unpaired) electrons. The number of aliphatic carboxylic acids is 1. The fourth-order valence-electron chi connectivity index (χ4n) is 4.71. The second kappa shape index (κ2) is 12.0. The van der Waals surface area contributed by atoms with E-state index in [-0.39, 0.29) is 52.3 Å². The number of furan rings is 1. The summed E-state index contributed by atoms with van der Waals surface area (Å²) >= 11 is 0. The minimum absolute atomic E-state index is 0. The Morgan fingerprint density at radius 1 is 1.00 bits per heavy atom. The van der Waals surface area contributed by atoms with Crippen LogP contribution in [0.25, 0.3) is 11.0 Å². The number of fused-ring (bicyclic) bond motifs is 2. The molecule has 1 aliphatic rings. The molecule has 0 saturated carbocycles. The Hall–Kier alpha value is -3.44. The van der Waals surface area contributed by atoms with Gasteiger partial charge in [0.1, 0.15) is 5.58 Å². The van der Waals surface area contributed by atoms with E-state index in [0.717, 1.165) is 22.8 Å². The number of hydrogen-bond donors (Lipinski definition) is 1. The summed E-state index contributed by atoms with van der Waals surface area (Å²) < 4.78 is 29.1. The number of carboxylic acid groups (broad SMARTS) is 1. The van der Waals surface area contributed by atoms with Gasteiger partial charge in [0, 0.05) is 35.9 Å². The van der Waals surface area contributed by atoms with Crippen LogP contribution in [0.4, 0.5) is 0 Å². The van der Waals surface area contributed by atoms with Crippen LogP contribution < -0.4 is 40.0 Å². The van der Waals surface area contributed by atoms with Gasteiger partial charge in [0.2, 0.25) is 0 Å². The van der Waals surface area contributed by atoms with Crippen molar-refractivity contribution >= 4 is 38.6 Å². The smallest absolute Gasteiger partial charge is 0.548 e. The zero-order valence-corrected chi connectivity index (χ0v) is 24.9. The van der Waals surface area contributed by atoms with Gasteiger partial charge in [-0.05, 0) is 72.0 Å². The van der Waals surface area contributed by atoms with Gasteiger partial charge in [0.05, 0.1) is 23.2 Å². The van der Waals surface area contributed by atoms with Gasteiger partial charge in [0.25, 0.3) is 11.8 Å². The molecule has 0 bridgehead atoms. The number of rotatable bonds is 7. The topological polar surface area (TPSA) is 137 Å². The maximum atomic E-state index is 13.1. The van der Waals surface area contributed by atoms with Crippen molar-refractivity contribution in [2.75, 3.05) is 12.8 Å². The van der Waals surface area contributed by atoms with Crippen molar-refractivity contribution < 1.29 is 61.9 Å². The summed E-state index contributed by atoms with van der Waals surface area (Å²) in [6.07, 6.45) is 3.04. The first-order valence-corrected chi connectivity index (χ1v) is 14.2. The molecule has 40 heavy (non-hydrogen) atoms. The summed E-state index contributed by atoms with van der Waals surface area (Å²) in [5.74, 6) is -2.18. The van der Waals surface area contributed by atoms with Crippen LogP contribution in [-0.2, 0) is 34.0 Å². The van der Waals surface area contributed by atoms with Crippen LogP contribution in [0, 0.1) is 0 Å². The molecule has 2 heterocycles. The van der Waals surface area contributed by atoms with E-state index in [1.807, 2.05) is 12.1 Å². The molecule has 200 valence electrons. The molecule has 5 rings (SSSR count). The van der Waals surface area contributed by atoms with E-state index in [0.29, 0.717) is 36.2 Å². The number of hydrogen-bond acceptors (Lipinski definition) is 7. The van der Waals surface area contributed by atoms with E-state index in [2.05, 4.69) is 5.32 Å². The van der Waals surface area contributed by atoms with Gasteiger partial charge in [-0.3, -0.25) is 9.59 Å². The molecule has 1 aliphatic heterocycles. The van der Waals surface area contributed by atoms with Gasteiger partial charge in [-0.2, -0.15) is 0 Å². The first-order valence-electron chi connectivity index (χ1n) is 12.3. The van der Waals surface area contributed by atoms with Crippen molar-refractivity contribution in [1.29, 1.82) is 0 Å². The summed E-state index contributed by atoms with van der Waals surface area (Å²) in [6, 6.07) is 16.8. The molecular formula is C29H25N2NaO7S. The van der Waals surface area contributed by atoms with Crippen molar-refractivity contribution in [3.8, 4) is 0 Å². The Kier molecular flexibility index (Phi) is 8.84. The van der Waals surface area contributed by atoms with Crippen LogP contribution in [0.5, 0.6) is 0 Å². The summed E-state index contributed by atoms with van der Waals surface area (Å²) in [5, 5.41) is 15.2. The monoisotopic (exact) mass is 568 g/mol. The second-order valence-corrected chi connectivity index (χ2v) is 11.6. The minimum atomic E-state index is -3.47. The predicted molar refractivity (Wildman–Crippen MR) is 141 cm³/mol. The molecule has 0 unspecified atom stereocenters. The fraction of sp³-hybridized carbons (Fsp3) is 0.207. The Balaban J connectivity index is 0.00000370. The van der Waals surface area contributed by atoms with E-state index in [9.17, 15) is 27.9 Å². The third-order valence-electron chi connectivity index (χ3n) is 6.83. The van der Waals surface area contributed by atoms with Crippen molar-refractivity contribution in [2.45, 2.75) is 30.3 Å². The number of carboxylic acids is 1. The van der Waals surface area contributed by atoms with Crippen LogP contribution in [-0.4, -0.2) is 49.9 Å². The van der Waals surface area contributed by atoms with Gasteiger partial charge in [-0.1, -0.05) is 24.3 Å².